The summed E-state index contributed by atoms with van der Waals surface area (Å²) in [5.74, 6) is 0.540. The first-order valence-electron chi connectivity index (χ1n) is 11.2. The highest BCUT2D eigenvalue weighted by Gasteiger charge is 2.54. The quantitative estimate of drug-likeness (QED) is 0.554. The first kappa shape index (κ1) is 22.2. The molecule has 1 aromatic heterocycles. The van der Waals surface area contributed by atoms with Crippen LogP contribution in [0.5, 0.6) is 0 Å². The smallest absolute Gasteiger partial charge is 0.325 e. The van der Waals surface area contributed by atoms with Crippen LogP contribution in [-0.4, -0.2) is 41.2 Å². The predicted octanol–water partition coefficient (Wildman–Crippen LogP) is 4.34. The molecular formula is C26H24ClN3O4. The van der Waals surface area contributed by atoms with Crippen LogP contribution in [0.3, 0.4) is 0 Å². The molecule has 1 aliphatic heterocycles. The molecule has 34 heavy (non-hydrogen) atoms. The van der Waals surface area contributed by atoms with E-state index >= 15 is 0 Å². The number of benzene rings is 2. The maximum atomic E-state index is 13.4. The van der Waals surface area contributed by atoms with E-state index in [9.17, 15) is 14.4 Å². The minimum atomic E-state index is -1.08. The zero-order chi connectivity index (χ0) is 23.9. The lowest BCUT2D eigenvalue weighted by Gasteiger charge is -2.33. The second kappa shape index (κ2) is 8.65. The van der Waals surface area contributed by atoms with Gasteiger partial charge < -0.3 is 14.6 Å². The molecule has 1 atom stereocenters. The fourth-order valence-corrected chi connectivity index (χ4v) is 4.89. The van der Waals surface area contributed by atoms with E-state index in [4.69, 9.17) is 16.0 Å². The number of hydrogen-bond donors (Lipinski definition) is 1. The molecule has 3 aromatic rings. The molecule has 1 unspecified atom stereocenters. The van der Waals surface area contributed by atoms with Crippen molar-refractivity contribution < 1.29 is 18.8 Å². The highest BCUT2D eigenvalue weighted by molar-refractivity contribution is 6.30. The molecule has 0 bridgehead atoms. The zero-order valence-corrected chi connectivity index (χ0v) is 19.5. The van der Waals surface area contributed by atoms with Gasteiger partial charge in [0.05, 0.1) is 6.54 Å². The average Bonchev–Trinajstić information content (AvgIpc) is 3.39. The number of fused-ring (bicyclic) bond motifs is 2. The van der Waals surface area contributed by atoms with Crippen molar-refractivity contribution in [3.8, 4) is 11.3 Å². The summed E-state index contributed by atoms with van der Waals surface area (Å²) in [5, 5.41) is 3.52. The molecule has 1 spiro atoms. The Balaban J connectivity index is 1.27. The van der Waals surface area contributed by atoms with Crippen LogP contribution < -0.4 is 5.32 Å². The van der Waals surface area contributed by atoms with E-state index in [0.29, 0.717) is 23.0 Å². The molecule has 2 aromatic carbocycles. The lowest BCUT2D eigenvalue weighted by atomic mass is 9.76. The van der Waals surface area contributed by atoms with Gasteiger partial charge in [0.25, 0.3) is 5.91 Å². The highest BCUT2D eigenvalue weighted by Crippen LogP contribution is 2.39. The van der Waals surface area contributed by atoms with E-state index in [-0.39, 0.29) is 24.9 Å². The van der Waals surface area contributed by atoms with Crippen molar-refractivity contribution in [3.05, 3.63) is 82.6 Å². The number of hydrogen-bond acceptors (Lipinski definition) is 4. The van der Waals surface area contributed by atoms with Crippen LogP contribution in [0.15, 0.2) is 65.1 Å². The van der Waals surface area contributed by atoms with Crippen LogP contribution in [0, 0.1) is 0 Å². The molecule has 1 saturated heterocycles. The Kier molecular flexibility index (Phi) is 5.65. The normalized spacial score (nSPS) is 19.3. The molecule has 5 rings (SSSR count). The van der Waals surface area contributed by atoms with Gasteiger partial charge in [0.2, 0.25) is 5.91 Å². The van der Waals surface area contributed by atoms with Crippen molar-refractivity contribution in [2.24, 2.45) is 0 Å². The summed E-state index contributed by atoms with van der Waals surface area (Å²) >= 11 is 5.94. The number of carbonyl (C=O) groups excluding carboxylic acids is 3. The molecule has 0 radical (unpaired) electrons. The van der Waals surface area contributed by atoms with Crippen LogP contribution in [0.1, 0.15) is 29.7 Å². The highest BCUT2D eigenvalue weighted by atomic mass is 35.5. The van der Waals surface area contributed by atoms with Gasteiger partial charge in [0.15, 0.2) is 0 Å². The Hall–Kier alpha value is -3.58. The summed E-state index contributed by atoms with van der Waals surface area (Å²) in [6, 6.07) is 18.1. The number of furan rings is 1. The maximum Gasteiger partial charge on any atom is 0.325 e. The third-order valence-electron chi connectivity index (χ3n) is 6.55. The number of carbonyl (C=O) groups is 3. The van der Waals surface area contributed by atoms with Gasteiger partial charge >= 0.3 is 6.03 Å². The third-order valence-corrected chi connectivity index (χ3v) is 6.81. The maximum absolute atomic E-state index is 13.4. The minimum Gasteiger partial charge on any atom is -0.459 e. The molecule has 4 amide bonds. The third kappa shape index (κ3) is 3.86. The van der Waals surface area contributed by atoms with Crippen molar-refractivity contribution in [3.63, 3.8) is 0 Å². The Bertz CT molecular complexity index is 1270. The fraction of sp³-hybridized carbons (Fsp3) is 0.269. The Morgan fingerprint density at radius 2 is 1.88 bits per heavy atom. The number of halogens is 1. The second-order valence-electron chi connectivity index (χ2n) is 8.76. The van der Waals surface area contributed by atoms with E-state index in [1.807, 2.05) is 42.5 Å². The molecular weight excluding hydrogens is 454 g/mol. The van der Waals surface area contributed by atoms with Gasteiger partial charge in [-0.3, -0.25) is 14.5 Å². The molecule has 1 aliphatic carbocycles. The monoisotopic (exact) mass is 477 g/mol. The van der Waals surface area contributed by atoms with Gasteiger partial charge in [-0.2, -0.15) is 0 Å². The molecule has 7 nitrogen and oxygen atoms in total. The largest absolute Gasteiger partial charge is 0.459 e. The minimum absolute atomic E-state index is 0.212. The topological polar surface area (TPSA) is 82.9 Å². The van der Waals surface area contributed by atoms with Crippen LogP contribution in [0.4, 0.5) is 4.79 Å². The van der Waals surface area contributed by atoms with Gasteiger partial charge in [-0.15, -0.1) is 0 Å². The van der Waals surface area contributed by atoms with Gasteiger partial charge in [-0.05, 0) is 66.8 Å². The number of imide groups is 1. The number of nitrogens with one attached hydrogen (secondary N) is 1. The zero-order valence-electron chi connectivity index (χ0n) is 18.7. The Morgan fingerprint density at radius 3 is 2.68 bits per heavy atom. The summed E-state index contributed by atoms with van der Waals surface area (Å²) in [5.41, 5.74) is 1.68. The fourth-order valence-electron chi connectivity index (χ4n) is 4.77. The van der Waals surface area contributed by atoms with Gasteiger partial charge in [-0.1, -0.05) is 35.9 Å². The number of aryl methyl sites for hydroxylation is 1. The summed E-state index contributed by atoms with van der Waals surface area (Å²) in [4.78, 5) is 41.6. The van der Waals surface area contributed by atoms with Crippen molar-refractivity contribution >= 4 is 29.4 Å². The number of nitrogens with zero attached hydrogens (tertiary/aromatic N) is 2. The van der Waals surface area contributed by atoms with Crippen LogP contribution in [0.25, 0.3) is 11.3 Å². The van der Waals surface area contributed by atoms with Crippen LogP contribution in [-0.2, 0) is 28.1 Å². The van der Waals surface area contributed by atoms with Gasteiger partial charge in [0.1, 0.15) is 23.6 Å². The first-order chi connectivity index (χ1) is 16.4. The molecule has 0 saturated carbocycles. The lowest BCUT2D eigenvalue weighted by molar-refractivity contribution is -0.139. The summed E-state index contributed by atoms with van der Waals surface area (Å²) in [7, 11) is 1.62. The molecule has 1 fully saturated rings. The first-order valence-corrected chi connectivity index (χ1v) is 11.6. The second-order valence-corrected chi connectivity index (χ2v) is 9.20. The molecule has 174 valence electrons. The van der Waals surface area contributed by atoms with E-state index in [1.165, 1.54) is 4.90 Å². The average molecular weight is 478 g/mol. The molecule has 2 aliphatic rings. The van der Waals surface area contributed by atoms with E-state index < -0.39 is 11.6 Å². The Morgan fingerprint density at radius 1 is 1.12 bits per heavy atom. The number of urea groups is 1. The van der Waals surface area contributed by atoms with Crippen LogP contribution in [0.2, 0.25) is 5.02 Å². The number of amides is 4. The predicted molar refractivity (Wildman–Crippen MR) is 127 cm³/mol. The van der Waals surface area contributed by atoms with Crippen molar-refractivity contribution in [1.29, 1.82) is 0 Å². The molecule has 2 heterocycles. The number of likely N-dealkylation sites (N-methyl/N-ethyl adjacent to an activating group) is 1. The van der Waals surface area contributed by atoms with E-state index in [0.717, 1.165) is 34.4 Å². The lowest BCUT2D eigenvalue weighted by Crippen LogP contribution is -2.47. The Labute approximate surface area is 202 Å². The summed E-state index contributed by atoms with van der Waals surface area (Å²) in [6.45, 7) is -0.111. The summed E-state index contributed by atoms with van der Waals surface area (Å²) < 4.78 is 5.87. The van der Waals surface area contributed by atoms with Crippen molar-refractivity contribution in [1.82, 2.24) is 15.1 Å². The molecule has 1 N–H and O–H groups in total. The van der Waals surface area contributed by atoms with E-state index in [2.05, 4.69) is 5.32 Å². The summed E-state index contributed by atoms with van der Waals surface area (Å²) in [6.07, 6.45) is 2.18. The SMILES string of the molecule is CN(Cc1ccc(-c2ccc(Cl)cc2)o1)C(=O)CN1C(=O)NC2(CCCc3ccccc32)C1=O. The van der Waals surface area contributed by atoms with Crippen LogP contribution >= 0.6 is 11.6 Å². The number of rotatable bonds is 5. The van der Waals surface area contributed by atoms with Crippen molar-refractivity contribution in [2.45, 2.75) is 31.3 Å². The standard InChI is InChI=1S/C26H24ClN3O4/c1-29(15-20-12-13-22(34-20)18-8-10-19(27)11-9-18)23(31)16-30-24(32)26(28-25(30)33)14-4-6-17-5-2-3-7-21(17)26/h2-3,5,7-13H,4,6,14-16H2,1H3,(H,28,33). The van der Waals surface area contributed by atoms with Gasteiger partial charge in [-0.25, -0.2) is 4.79 Å². The van der Waals surface area contributed by atoms with Gasteiger partial charge in [0, 0.05) is 17.6 Å². The van der Waals surface area contributed by atoms with E-state index in [1.54, 1.807) is 25.2 Å². The van der Waals surface area contributed by atoms with Crippen molar-refractivity contribution in [2.75, 3.05) is 13.6 Å². The molecule has 8 heteroatoms.